The molecular formula is C42H26S. The second-order valence-electron chi connectivity index (χ2n) is 11.3. The summed E-state index contributed by atoms with van der Waals surface area (Å²) in [5, 5.41) is 10.5. The van der Waals surface area contributed by atoms with Gasteiger partial charge in [-0.1, -0.05) is 152 Å². The molecule has 0 bridgehead atoms. The maximum atomic E-state index is 2.41. The fourth-order valence-corrected chi connectivity index (χ4v) is 8.19. The van der Waals surface area contributed by atoms with Gasteiger partial charge >= 0.3 is 0 Å². The van der Waals surface area contributed by atoms with Gasteiger partial charge in [-0.3, -0.25) is 0 Å². The molecule has 0 fully saturated rings. The van der Waals surface area contributed by atoms with E-state index in [-0.39, 0.29) is 0 Å². The van der Waals surface area contributed by atoms with E-state index in [9.17, 15) is 0 Å². The van der Waals surface area contributed by atoms with Gasteiger partial charge in [0.25, 0.3) is 0 Å². The van der Waals surface area contributed by atoms with Crippen LogP contribution in [0.2, 0.25) is 0 Å². The van der Waals surface area contributed by atoms with Crippen molar-refractivity contribution >= 4 is 63.8 Å². The van der Waals surface area contributed by atoms with Crippen LogP contribution in [0.15, 0.2) is 158 Å². The van der Waals surface area contributed by atoms with Crippen LogP contribution in [0.4, 0.5) is 0 Å². The van der Waals surface area contributed by atoms with Crippen LogP contribution in [0.25, 0.3) is 85.9 Å². The third-order valence-corrected chi connectivity index (χ3v) is 10.2. The van der Waals surface area contributed by atoms with Gasteiger partial charge in [-0.25, -0.2) is 0 Å². The van der Waals surface area contributed by atoms with Gasteiger partial charge in [0.05, 0.1) is 0 Å². The summed E-state index contributed by atoms with van der Waals surface area (Å²) < 4.78 is 2.69. The van der Waals surface area contributed by atoms with Crippen LogP contribution in [0.3, 0.4) is 0 Å². The van der Waals surface area contributed by atoms with E-state index in [0.29, 0.717) is 0 Å². The smallest absolute Gasteiger partial charge is 0.0434 e. The molecule has 1 heterocycles. The average Bonchev–Trinajstić information content (AvgIpc) is 3.48. The molecule has 9 aromatic rings. The lowest BCUT2D eigenvalue weighted by atomic mass is 9.92. The zero-order valence-corrected chi connectivity index (χ0v) is 24.2. The summed E-state index contributed by atoms with van der Waals surface area (Å²) in [5.41, 5.74) is 7.59. The Bertz CT molecular complexity index is 2450. The van der Waals surface area contributed by atoms with Gasteiger partial charge in [0.15, 0.2) is 0 Å². The van der Waals surface area contributed by atoms with E-state index in [1.54, 1.807) is 0 Å². The zero-order chi connectivity index (χ0) is 28.3. The summed E-state index contributed by atoms with van der Waals surface area (Å²) in [6.45, 7) is 0. The van der Waals surface area contributed by atoms with Crippen molar-refractivity contribution in [3.63, 3.8) is 0 Å². The molecule has 0 atom stereocenters. The highest BCUT2D eigenvalue weighted by atomic mass is 32.1. The molecule has 0 amide bonds. The van der Waals surface area contributed by atoms with Crippen LogP contribution < -0.4 is 0 Å². The predicted molar refractivity (Wildman–Crippen MR) is 188 cm³/mol. The number of thiophene rings is 1. The van der Waals surface area contributed by atoms with Gasteiger partial charge < -0.3 is 0 Å². The first kappa shape index (κ1) is 24.4. The Balaban J connectivity index is 1.23. The molecule has 1 aromatic heterocycles. The third-order valence-electron chi connectivity index (χ3n) is 8.88. The molecule has 0 spiro atoms. The quantitative estimate of drug-likeness (QED) is 0.188. The van der Waals surface area contributed by atoms with Gasteiger partial charge in [-0.15, -0.1) is 11.3 Å². The van der Waals surface area contributed by atoms with E-state index in [4.69, 9.17) is 0 Å². The molecule has 9 rings (SSSR count). The second-order valence-corrected chi connectivity index (χ2v) is 12.3. The van der Waals surface area contributed by atoms with Crippen molar-refractivity contribution < 1.29 is 0 Å². The van der Waals surface area contributed by atoms with E-state index < -0.39 is 0 Å². The summed E-state index contributed by atoms with van der Waals surface area (Å²) in [7, 11) is 0. The van der Waals surface area contributed by atoms with Crippen molar-refractivity contribution in [1.29, 1.82) is 0 Å². The highest BCUT2D eigenvalue weighted by Gasteiger charge is 2.15. The van der Waals surface area contributed by atoms with Crippen LogP contribution in [0, 0.1) is 0 Å². The standard InChI is InChI=1S/C42H26S/c1-2-10-27(11-3-1)28-20-22-29(23-21-28)31-16-8-18-38-39-19-9-17-32(42(39)43-41(31)38)30-24-25-37-35-14-5-4-12-33(35)34-13-6-7-15-36(34)40(37)26-30/h1-26H. The van der Waals surface area contributed by atoms with Crippen molar-refractivity contribution in [1.82, 2.24) is 0 Å². The first-order valence-corrected chi connectivity index (χ1v) is 15.6. The first-order valence-electron chi connectivity index (χ1n) is 14.8. The minimum absolute atomic E-state index is 1.24. The molecule has 0 aliphatic heterocycles. The van der Waals surface area contributed by atoms with Crippen molar-refractivity contribution in [2.75, 3.05) is 0 Å². The topological polar surface area (TPSA) is 0 Å². The van der Waals surface area contributed by atoms with Crippen molar-refractivity contribution in [3.8, 4) is 33.4 Å². The lowest BCUT2D eigenvalue weighted by Gasteiger charge is -2.12. The highest BCUT2D eigenvalue weighted by Crippen LogP contribution is 2.45. The normalized spacial score (nSPS) is 11.7. The molecule has 1 heteroatoms. The van der Waals surface area contributed by atoms with Gasteiger partial charge in [0.1, 0.15) is 0 Å². The van der Waals surface area contributed by atoms with E-state index in [1.807, 2.05) is 11.3 Å². The first-order chi connectivity index (χ1) is 21.3. The number of hydrogen-bond acceptors (Lipinski definition) is 1. The lowest BCUT2D eigenvalue weighted by molar-refractivity contribution is 1.61. The van der Waals surface area contributed by atoms with Crippen molar-refractivity contribution in [2.24, 2.45) is 0 Å². The number of fused-ring (bicyclic) bond motifs is 9. The number of rotatable bonds is 3. The fourth-order valence-electron chi connectivity index (χ4n) is 6.82. The van der Waals surface area contributed by atoms with E-state index in [2.05, 4.69) is 158 Å². The number of benzene rings is 8. The summed E-state index contributed by atoms with van der Waals surface area (Å²) >= 11 is 1.92. The Morgan fingerprint density at radius 2 is 0.674 bits per heavy atom. The SMILES string of the molecule is c1ccc(-c2ccc(-c3cccc4c3sc3c(-c5ccc6c7ccccc7c7ccccc7c6c5)cccc34)cc2)cc1. The molecule has 8 aromatic carbocycles. The van der Waals surface area contributed by atoms with Gasteiger partial charge in [0.2, 0.25) is 0 Å². The minimum atomic E-state index is 1.24. The largest absolute Gasteiger partial charge is 0.134 e. The van der Waals surface area contributed by atoms with Gasteiger partial charge in [-0.05, 0) is 71.8 Å². The summed E-state index contributed by atoms with van der Waals surface area (Å²) in [6, 6.07) is 57.8. The zero-order valence-electron chi connectivity index (χ0n) is 23.4. The average molecular weight is 563 g/mol. The Hall–Kier alpha value is -5.24. The maximum Gasteiger partial charge on any atom is 0.0434 e. The van der Waals surface area contributed by atoms with Crippen LogP contribution in [0.5, 0.6) is 0 Å². The Kier molecular flexibility index (Phi) is 5.47. The molecule has 43 heavy (non-hydrogen) atoms. The summed E-state index contributed by atoms with van der Waals surface area (Å²) in [4.78, 5) is 0. The highest BCUT2D eigenvalue weighted by molar-refractivity contribution is 7.26. The number of hydrogen-bond donors (Lipinski definition) is 0. The van der Waals surface area contributed by atoms with E-state index >= 15 is 0 Å². The molecule has 0 unspecified atom stereocenters. The Labute approximate surface area is 254 Å². The van der Waals surface area contributed by atoms with Gasteiger partial charge in [0, 0.05) is 20.2 Å². The predicted octanol–water partition coefficient (Wildman–Crippen LogP) is 12.5. The fraction of sp³-hybridized carbons (Fsp3) is 0. The maximum absolute atomic E-state index is 2.41. The van der Waals surface area contributed by atoms with Crippen LogP contribution in [0.1, 0.15) is 0 Å². The molecule has 0 nitrogen and oxygen atoms in total. The molecule has 0 N–H and O–H groups in total. The molecule has 0 saturated carbocycles. The molecule has 200 valence electrons. The van der Waals surface area contributed by atoms with Crippen molar-refractivity contribution in [3.05, 3.63) is 158 Å². The second kappa shape index (κ2) is 9.66. The molecule has 0 aliphatic rings. The Morgan fingerprint density at radius 1 is 0.256 bits per heavy atom. The molecule has 0 saturated heterocycles. The molecular weight excluding hydrogens is 537 g/mol. The lowest BCUT2D eigenvalue weighted by Crippen LogP contribution is -1.85. The van der Waals surface area contributed by atoms with Gasteiger partial charge in [-0.2, -0.15) is 0 Å². The van der Waals surface area contributed by atoms with E-state index in [0.717, 1.165) is 0 Å². The minimum Gasteiger partial charge on any atom is -0.134 e. The summed E-state index contributed by atoms with van der Waals surface area (Å²) in [6.07, 6.45) is 0. The van der Waals surface area contributed by atoms with Crippen LogP contribution in [-0.4, -0.2) is 0 Å². The summed E-state index contributed by atoms with van der Waals surface area (Å²) in [5.74, 6) is 0. The third kappa shape index (κ3) is 3.82. The monoisotopic (exact) mass is 562 g/mol. The Morgan fingerprint density at radius 3 is 1.28 bits per heavy atom. The van der Waals surface area contributed by atoms with Crippen molar-refractivity contribution in [2.45, 2.75) is 0 Å². The van der Waals surface area contributed by atoms with E-state index in [1.165, 1.54) is 85.9 Å². The van der Waals surface area contributed by atoms with Crippen LogP contribution in [-0.2, 0) is 0 Å². The molecule has 0 radical (unpaired) electrons. The molecule has 0 aliphatic carbocycles. The van der Waals surface area contributed by atoms with Crippen LogP contribution >= 0.6 is 11.3 Å².